The second-order valence-electron chi connectivity index (χ2n) is 8.35. The summed E-state index contributed by atoms with van der Waals surface area (Å²) < 4.78 is 34.7. The fourth-order valence-electron chi connectivity index (χ4n) is 4.69. The molecule has 2 aliphatic heterocycles. The fourth-order valence-corrected chi connectivity index (χ4v) is 6.34. The Morgan fingerprint density at radius 2 is 1.53 bits per heavy atom. The van der Waals surface area contributed by atoms with Gasteiger partial charge in [-0.05, 0) is 49.9 Å². The van der Waals surface area contributed by atoms with Crippen LogP contribution in [0.3, 0.4) is 0 Å². The zero-order valence-corrected chi connectivity index (χ0v) is 19.0. The Balaban J connectivity index is 1.36. The summed E-state index contributed by atoms with van der Waals surface area (Å²) in [7, 11) is -2.62. The maximum atomic E-state index is 13.2. The first-order valence-corrected chi connectivity index (χ1v) is 12.4. The molecule has 0 spiro atoms. The van der Waals surface area contributed by atoms with Crippen LogP contribution in [0, 0.1) is 5.92 Å². The number of aromatic nitrogens is 1. The van der Waals surface area contributed by atoms with E-state index in [4.69, 9.17) is 4.74 Å². The maximum absolute atomic E-state index is 13.2. The second kappa shape index (κ2) is 9.46. The number of methoxy groups -OCH3 is 1. The van der Waals surface area contributed by atoms with E-state index >= 15 is 0 Å². The monoisotopic (exact) mass is 459 g/mol. The van der Waals surface area contributed by atoms with E-state index in [2.05, 4.69) is 17.0 Å². The van der Waals surface area contributed by atoms with Gasteiger partial charge in [-0.1, -0.05) is 12.1 Å². The van der Waals surface area contributed by atoms with Crippen molar-refractivity contribution in [1.29, 1.82) is 0 Å². The van der Waals surface area contributed by atoms with Gasteiger partial charge in [-0.15, -0.1) is 0 Å². The van der Waals surface area contributed by atoms with Gasteiger partial charge in [-0.3, -0.25) is 4.79 Å². The third-order valence-electron chi connectivity index (χ3n) is 6.54. The van der Waals surface area contributed by atoms with Crippen LogP contribution < -0.4 is 0 Å². The first kappa shape index (κ1) is 22.5. The Labute approximate surface area is 188 Å². The molecule has 172 valence electrons. The lowest BCUT2D eigenvalue weighted by atomic mass is 9.95. The average Bonchev–Trinajstić information content (AvgIpc) is 3.38. The number of amides is 1. The molecule has 0 saturated carbocycles. The molecule has 0 radical (unpaired) electrons. The molecule has 0 unspecified atom stereocenters. The number of carbonyl (C=O) groups is 2. The highest BCUT2D eigenvalue weighted by atomic mass is 32.2. The van der Waals surface area contributed by atoms with Crippen LogP contribution in [-0.2, 0) is 19.6 Å². The zero-order chi connectivity index (χ0) is 22.7. The third kappa shape index (κ3) is 4.45. The van der Waals surface area contributed by atoms with E-state index < -0.39 is 16.0 Å². The van der Waals surface area contributed by atoms with E-state index in [-0.39, 0.29) is 35.4 Å². The highest BCUT2D eigenvalue weighted by Gasteiger charge is 2.36. The van der Waals surface area contributed by atoms with Crippen LogP contribution in [0.25, 0.3) is 0 Å². The van der Waals surface area contributed by atoms with Crippen LogP contribution in [0.5, 0.6) is 0 Å². The average molecular weight is 460 g/mol. The molecule has 2 aromatic rings. The van der Waals surface area contributed by atoms with Crippen LogP contribution in [-0.4, -0.2) is 67.4 Å². The van der Waals surface area contributed by atoms with Gasteiger partial charge in [0.05, 0.1) is 17.6 Å². The quantitative estimate of drug-likeness (QED) is 0.641. The minimum absolute atomic E-state index is 0.0266. The molecule has 3 heterocycles. The van der Waals surface area contributed by atoms with Crippen molar-refractivity contribution in [2.75, 3.05) is 33.3 Å². The lowest BCUT2D eigenvalue weighted by molar-refractivity contribution is -0.138. The Kier molecular flexibility index (Phi) is 6.66. The molecular weight excluding hydrogens is 430 g/mol. The Hall–Kier alpha value is -2.65. The SMILES string of the molecule is COC(=O)c1ccccc1S(=O)(=O)N1CCC(C(=O)N2CCC(n3cccc3)CC2)CC1. The number of sulfonamides is 1. The number of hydrogen-bond donors (Lipinski definition) is 0. The minimum Gasteiger partial charge on any atom is -0.465 e. The first-order valence-electron chi connectivity index (χ1n) is 11.0. The van der Waals surface area contributed by atoms with Crippen molar-refractivity contribution in [2.24, 2.45) is 5.92 Å². The molecule has 0 N–H and O–H groups in total. The zero-order valence-electron chi connectivity index (χ0n) is 18.2. The highest BCUT2D eigenvalue weighted by molar-refractivity contribution is 7.89. The Morgan fingerprint density at radius 3 is 2.16 bits per heavy atom. The van der Waals surface area contributed by atoms with Gasteiger partial charge in [-0.25, -0.2) is 13.2 Å². The predicted octanol–water partition coefficient (Wildman–Crippen LogP) is 2.54. The number of carbonyl (C=O) groups excluding carboxylic acids is 2. The largest absolute Gasteiger partial charge is 0.465 e. The molecule has 1 amide bonds. The molecule has 2 fully saturated rings. The number of rotatable bonds is 5. The summed E-state index contributed by atoms with van der Waals surface area (Å²) >= 11 is 0. The summed E-state index contributed by atoms with van der Waals surface area (Å²) in [5, 5.41) is 0. The van der Waals surface area contributed by atoms with Crippen LogP contribution in [0.15, 0.2) is 53.7 Å². The topological polar surface area (TPSA) is 88.9 Å². The lowest BCUT2D eigenvalue weighted by Crippen LogP contribution is -2.46. The van der Waals surface area contributed by atoms with E-state index in [1.165, 1.54) is 23.5 Å². The molecule has 2 aliphatic rings. The molecule has 4 rings (SSSR count). The standard InChI is InChI=1S/C23H29N3O5S/c1-31-23(28)20-6-2-3-7-21(20)32(29,30)26-16-8-18(9-17-26)22(27)25-14-10-19(11-15-25)24-12-4-5-13-24/h2-7,12-13,18-19H,8-11,14-17H2,1H3. The van der Waals surface area contributed by atoms with Gasteiger partial charge in [0.1, 0.15) is 0 Å². The number of piperidine rings is 2. The van der Waals surface area contributed by atoms with Gasteiger partial charge in [0.25, 0.3) is 0 Å². The van der Waals surface area contributed by atoms with Crippen molar-refractivity contribution in [1.82, 2.24) is 13.8 Å². The van der Waals surface area contributed by atoms with Gasteiger partial charge in [0, 0.05) is 50.5 Å². The summed E-state index contributed by atoms with van der Waals surface area (Å²) in [5.41, 5.74) is 0.0266. The summed E-state index contributed by atoms with van der Waals surface area (Å²) in [6, 6.07) is 10.5. The lowest BCUT2D eigenvalue weighted by Gasteiger charge is -2.37. The predicted molar refractivity (Wildman–Crippen MR) is 119 cm³/mol. The molecule has 0 aliphatic carbocycles. The van der Waals surface area contributed by atoms with Crippen LogP contribution >= 0.6 is 0 Å². The molecule has 8 nitrogen and oxygen atoms in total. The van der Waals surface area contributed by atoms with E-state index in [9.17, 15) is 18.0 Å². The van der Waals surface area contributed by atoms with E-state index in [0.717, 1.165) is 25.9 Å². The number of likely N-dealkylation sites (tertiary alicyclic amines) is 1. The fraction of sp³-hybridized carbons (Fsp3) is 0.478. The van der Waals surface area contributed by atoms with Crippen LogP contribution in [0.2, 0.25) is 0 Å². The first-order chi connectivity index (χ1) is 15.4. The van der Waals surface area contributed by atoms with Gasteiger partial charge < -0.3 is 14.2 Å². The van der Waals surface area contributed by atoms with E-state index in [0.29, 0.717) is 18.9 Å². The van der Waals surface area contributed by atoms with Gasteiger partial charge in [0.15, 0.2) is 0 Å². The van der Waals surface area contributed by atoms with E-state index in [1.54, 1.807) is 12.1 Å². The second-order valence-corrected chi connectivity index (χ2v) is 10.3. The van der Waals surface area contributed by atoms with Gasteiger partial charge >= 0.3 is 5.97 Å². The van der Waals surface area contributed by atoms with Crippen LogP contribution in [0.1, 0.15) is 42.1 Å². The van der Waals surface area contributed by atoms with Crippen molar-refractivity contribution in [2.45, 2.75) is 36.6 Å². The van der Waals surface area contributed by atoms with Crippen molar-refractivity contribution < 1.29 is 22.7 Å². The number of hydrogen-bond acceptors (Lipinski definition) is 5. The molecule has 2 saturated heterocycles. The Bertz CT molecular complexity index is 1050. The molecule has 9 heteroatoms. The van der Waals surface area contributed by atoms with Crippen molar-refractivity contribution >= 4 is 21.9 Å². The maximum Gasteiger partial charge on any atom is 0.339 e. The highest BCUT2D eigenvalue weighted by Crippen LogP contribution is 2.29. The molecule has 1 aromatic heterocycles. The summed E-state index contributed by atoms with van der Waals surface area (Å²) in [5.74, 6) is -0.721. The normalized spacial score (nSPS) is 19.1. The number of ether oxygens (including phenoxy) is 1. The van der Waals surface area contributed by atoms with Crippen molar-refractivity contribution in [3.63, 3.8) is 0 Å². The van der Waals surface area contributed by atoms with Gasteiger partial charge in [0.2, 0.25) is 15.9 Å². The molecular formula is C23H29N3O5S. The molecule has 0 bridgehead atoms. The third-order valence-corrected chi connectivity index (χ3v) is 8.50. The van der Waals surface area contributed by atoms with Crippen LogP contribution in [0.4, 0.5) is 0 Å². The molecule has 32 heavy (non-hydrogen) atoms. The number of benzene rings is 1. The molecule has 1 aromatic carbocycles. The summed E-state index contributed by atoms with van der Waals surface area (Å²) in [4.78, 5) is 26.9. The Morgan fingerprint density at radius 1 is 0.906 bits per heavy atom. The summed E-state index contributed by atoms with van der Waals surface area (Å²) in [6.07, 6.45) is 6.95. The summed E-state index contributed by atoms with van der Waals surface area (Å²) in [6.45, 7) is 1.97. The number of nitrogens with zero attached hydrogens (tertiary/aromatic N) is 3. The number of esters is 1. The van der Waals surface area contributed by atoms with E-state index in [1.807, 2.05) is 17.0 Å². The van der Waals surface area contributed by atoms with Crippen molar-refractivity contribution in [3.8, 4) is 0 Å². The smallest absolute Gasteiger partial charge is 0.339 e. The minimum atomic E-state index is -3.85. The molecule has 0 atom stereocenters. The van der Waals surface area contributed by atoms with Gasteiger partial charge in [-0.2, -0.15) is 4.31 Å². The van der Waals surface area contributed by atoms with Crippen molar-refractivity contribution in [3.05, 3.63) is 54.4 Å².